The molecule has 0 aromatic carbocycles. The van der Waals surface area contributed by atoms with Gasteiger partial charge in [-0.05, 0) is 66.3 Å². The van der Waals surface area contributed by atoms with Gasteiger partial charge in [-0.15, -0.1) is 0 Å². The van der Waals surface area contributed by atoms with Crippen LogP contribution in [0.4, 0.5) is 23.3 Å². The maximum Gasteiger partial charge on any atom is 0.229 e. The highest BCUT2D eigenvalue weighted by molar-refractivity contribution is 8.02. The largest absolute Gasteiger partial charge is 0.354 e. The van der Waals surface area contributed by atoms with Gasteiger partial charge >= 0.3 is 0 Å². The molecule has 0 atom stereocenters. The lowest BCUT2D eigenvalue weighted by Crippen LogP contribution is -2.44. The van der Waals surface area contributed by atoms with E-state index in [1.165, 1.54) is 5.69 Å². The summed E-state index contributed by atoms with van der Waals surface area (Å²) in [5, 5.41) is 4.28. The zero-order chi connectivity index (χ0) is 25.6. The Kier molecular flexibility index (Phi) is 6.04. The molecule has 0 bridgehead atoms. The van der Waals surface area contributed by atoms with Crippen LogP contribution in [0.2, 0.25) is 0 Å². The Bertz CT molecular complexity index is 1470. The van der Waals surface area contributed by atoms with Crippen LogP contribution in [0.15, 0.2) is 48.8 Å². The number of hydrogen-bond acceptors (Lipinski definition) is 8. The summed E-state index contributed by atoms with van der Waals surface area (Å²) < 4.78 is 17.5. The standard InChI is InChI=1S/C26H33N9OS/c1-33-11-13-34(14-12-33)23-10-9-20(17-27-23)29-26-28-16-19-15-21(18-7-8-18)35(25(19)31-26)24-6-4-5-22(30-24)32-37(2,3)36/h4-6,9-10,15-18,37H,7-8,11-14H2,1-3H3,(H,28,29,31)(H,30,32,36). The van der Waals surface area contributed by atoms with Gasteiger partial charge in [-0.1, -0.05) is 6.07 Å². The van der Waals surface area contributed by atoms with Gasteiger partial charge in [0, 0.05) is 56.0 Å². The number of nitrogens with zero attached hydrogens (tertiary/aromatic N) is 7. The molecule has 0 spiro atoms. The molecule has 194 valence electrons. The Morgan fingerprint density at radius 1 is 0.946 bits per heavy atom. The van der Waals surface area contributed by atoms with Crippen LogP contribution in [0.25, 0.3) is 16.9 Å². The molecular weight excluding hydrogens is 486 g/mol. The normalized spacial score (nSPS) is 17.2. The molecule has 4 aromatic rings. The van der Waals surface area contributed by atoms with E-state index < -0.39 is 10.1 Å². The fourth-order valence-corrected chi connectivity index (χ4v) is 5.36. The van der Waals surface area contributed by atoms with Crippen molar-refractivity contribution in [2.24, 2.45) is 0 Å². The highest BCUT2D eigenvalue weighted by Gasteiger charge is 2.29. The second-order valence-corrected chi connectivity index (χ2v) is 13.2. The number of thiol groups is 1. The number of pyridine rings is 2. The molecule has 10 nitrogen and oxygen atoms in total. The van der Waals surface area contributed by atoms with Gasteiger partial charge in [0.25, 0.3) is 0 Å². The molecule has 1 saturated carbocycles. The Balaban J connectivity index is 1.30. The highest BCUT2D eigenvalue weighted by atomic mass is 32.3. The lowest BCUT2D eigenvalue weighted by molar-refractivity contribution is 0.312. The van der Waals surface area contributed by atoms with Crippen LogP contribution in [0, 0.1) is 0 Å². The van der Waals surface area contributed by atoms with Crippen LogP contribution in [0.5, 0.6) is 0 Å². The summed E-state index contributed by atoms with van der Waals surface area (Å²) in [6.07, 6.45) is 9.38. The van der Waals surface area contributed by atoms with Crippen LogP contribution in [-0.4, -0.2) is 79.4 Å². The third kappa shape index (κ3) is 5.28. The summed E-state index contributed by atoms with van der Waals surface area (Å²) in [5.74, 6) is 3.32. The van der Waals surface area contributed by atoms with E-state index in [4.69, 9.17) is 9.97 Å². The van der Waals surface area contributed by atoms with E-state index in [-0.39, 0.29) is 0 Å². The maximum absolute atomic E-state index is 12.3. The van der Waals surface area contributed by atoms with Gasteiger partial charge in [0.2, 0.25) is 5.95 Å². The predicted octanol–water partition coefficient (Wildman–Crippen LogP) is 3.19. The number of anilines is 4. The average molecular weight is 520 g/mol. The molecule has 2 N–H and O–H groups in total. The summed E-state index contributed by atoms with van der Waals surface area (Å²) in [6, 6.07) is 12.0. The molecule has 11 heteroatoms. The number of nitrogens with one attached hydrogen (secondary N) is 2. The van der Waals surface area contributed by atoms with E-state index in [9.17, 15) is 4.21 Å². The van der Waals surface area contributed by atoms with Crippen molar-refractivity contribution >= 4 is 44.4 Å². The van der Waals surface area contributed by atoms with Crippen LogP contribution in [0.3, 0.4) is 0 Å². The van der Waals surface area contributed by atoms with E-state index >= 15 is 0 Å². The van der Waals surface area contributed by atoms with Crippen LogP contribution >= 0.6 is 0 Å². The third-order valence-electron chi connectivity index (χ3n) is 6.74. The van der Waals surface area contributed by atoms with Crippen LogP contribution in [0.1, 0.15) is 24.5 Å². The van der Waals surface area contributed by atoms with Crippen molar-refractivity contribution in [3.8, 4) is 5.82 Å². The zero-order valence-corrected chi connectivity index (χ0v) is 22.3. The summed E-state index contributed by atoms with van der Waals surface area (Å²) in [5.41, 5.74) is 2.81. The van der Waals surface area contributed by atoms with Crippen LogP contribution in [-0.2, 0) is 10.1 Å². The SMILES string of the molecule is CN1CCN(c2ccc(Nc3ncc4cc(C5CC5)n(-c5cccc(N[SH](C)(C)=O)n5)c4n3)cn2)CC1. The molecular formula is C26H33N9OS. The van der Waals surface area contributed by atoms with Gasteiger partial charge in [0.1, 0.15) is 17.5 Å². The van der Waals surface area contributed by atoms with Gasteiger partial charge in [-0.25, -0.2) is 15.0 Å². The van der Waals surface area contributed by atoms with E-state index in [2.05, 4.69) is 47.5 Å². The van der Waals surface area contributed by atoms with Crippen molar-refractivity contribution in [3.63, 3.8) is 0 Å². The molecule has 1 aliphatic heterocycles. The smallest absolute Gasteiger partial charge is 0.229 e. The minimum atomic E-state index is -2.48. The van der Waals surface area contributed by atoms with Gasteiger partial charge < -0.3 is 19.8 Å². The molecule has 37 heavy (non-hydrogen) atoms. The first-order valence-electron chi connectivity index (χ1n) is 12.7. The monoisotopic (exact) mass is 519 g/mol. The fourth-order valence-electron chi connectivity index (χ4n) is 4.69. The molecule has 6 rings (SSSR count). The number of piperazine rings is 1. The molecule has 2 fully saturated rings. The van der Waals surface area contributed by atoms with Gasteiger partial charge in [-0.3, -0.25) is 8.78 Å². The first kappa shape index (κ1) is 23.8. The number of aromatic nitrogens is 5. The molecule has 0 radical (unpaired) electrons. The minimum absolute atomic E-state index is 0.485. The van der Waals surface area contributed by atoms with Gasteiger partial charge in [0.15, 0.2) is 5.65 Å². The summed E-state index contributed by atoms with van der Waals surface area (Å²) in [4.78, 5) is 23.5. The summed E-state index contributed by atoms with van der Waals surface area (Å²) in [6.45, 7) is 4.05. The van der Waals surface area contributed by atoms with Crippen LogP contribution < -0.4 is 14.9 Å². The first-order chi connectivity index (χ1) is 17.8. The molecule has 1 aliphatic carbocycles. The molecule has 5 heterocycles. The van der Waals surface area contributed by atoms with Crippen molar-refractivity contribution < 1.29 is 4.21 Å². The number of hydrogen-bond donors (Lipinski definition) is 3. The predicted molar refractivity (Wildman–Crippen MR) is 151 cm³/mol. The lowest BCUT2D eigenvalue weighted by atomic mass is 10.3. The summed E-state index contributed by atoms with van der Waals surface area (Å²) >= 11 is 0. The molecule has 1 saturated heterocycles. The Morgan fingerprint density at radius 3 is 2.46 bits per heavy atom. The van der Waals surface area contributed by atoms with Gasteiger partial charge in [0.05, 0.1) is 11.9 Å². The number of rotatable bonds is 7. The van der Waals surface area contributed by atoms with Crippen molar-refractivity contribution in [2.75, 3.05) is 60.7 Å². The second-order valence-electron chi connectivity index (χ2n) is 10.3. The molecule has 0 amide bonds. The minimum Gasteiger partial charge on any atom is -0.354 e. The van der Waals surface area contributed by atoms with Crippen molar-refractivity contribution in [1.82, 2.24) is 29.4 Å². The lowest BCUT2D eigenvalue weighted by Gasteiger charge is -2.33. The Morgan fingerprint density at radius 2 is 1.76 bits per heavy atom. The number of likely N-dealkylation sites (N-methyl/N-ethyl adjacent to an activating group) is 1. The van der Waals surface area contributed by atoms with E-state index in [1.807, 2.05) is 42.7 Å². The fraction of sp³-hybridized carbons (Fsp3) is 0.385. The Hall–Kier alpha value is -3.57. The first-order valence-corrected chi connectivity index (χ1v) is 15.3. The van der Waals surface area contributed by atoms with E-state index in [1.54, 1.807) is 12.5 Å². The topological polar surface area (TPSA) is 104 Å². The second kappa shape index (κ2) is 9.38. The molecule has 4 aromatic heterocycles. The van der Waals surface area contributed by atoms with Crippen molar-refractivity contribution in [3.05, 3.63) is 54.5 Å². The number of fused-ring (bicyclic) bond motifs is 1. The molecule has 2 aliphatic rings. The van der Waals surface area contributed by atoms with Crippen molar-refractivity contribution in [1.29, 1.82) is 0 Å². The third-order valence-corrected chi connectivity index (χ3v) is 7.51. The Labute approximate surface area is 217 Å². The quantitative estimate of drug-likeness (QED) is 0.320. The molecule has 0 unspecified atom stereocenters. The van der Waals surface area contributed by atoms with Gasteiger partial charge in [-0.2, -0.15) is 4.98 Å². The summed E-state index contributed by atoms with van der Waals surface area (Å²) in [7, 11) is -0.332. The maximum atomic E-state index is 12.3. The van der Waals surface area contributed by atoms with E-state index in [0.29, 0.717) is 17.7 Å². The van der Waals surface area contributed by atoms with Crippen molar-refractivity contribution in [2.45, 2.75) is 18.8 Å². The van der Waals surface area contributed by atoms with E-state index in [0.717, 1.165) is 67.4 Å². The highest BCUT2D eigenvalue weighted by Crippen LogP contribution is 2.43. The average Bonchev–Trinajstić information content (AvgIpc) is 3.64. The zero-order valence-electron chi connectivity index (χ0n) is 21.4.